The summed E-state index contributed by atoms with van der Waals surface area (Å²) in [6.07, 6.45) is 0.124. The first-order valence-electron chi connectivity index (χ1n) is 10.3. The molecule has 29 heavy (non-hydrogen) atoms. The Morgan fingerprint density at radius 1 is 0.828 bits per heavy atom. The van der Waals surface area contributed by atoms with E-state index < -0.39 is 12.4 Å². The van der Waals surface area contributed by atoms with Crippen LogP contribution in [0.3, 0.4) is 0 Å². The van der Waals surface area contributed by atoms with Gasteiger partial charge in [0.25, 0.3) is 0 Å². The molecule has 5 heteroatoms. The number of nitrogens with zero attached hydrogens (tertiary/aromatic N) is 3. The van der Waals surface area contributed by atoms with Crippen molar-refractivity contribution in [2.75, 3.05) is 37.6 Å². The number of benzene rings is 2. The first-order chi connectivity index (χ1) is 14.2. The molecule has 1 N–H and O–H groups in total. The van der Waals surface area contributed by atoms with E-state index in [-0.39, 0.29) is 0 Å². The van der Waals surface area contributed by atoms with Gasteiger partial charge in [-0.25, -0.2) is 4.39 Å². The Morgan fingerprint density at radius 3 is 2.17 bits per heavy atom. The van der Waals surface area contributed by atoms with Gasteiger partial charge in [0, 0.05) is 51.0 Å². The van der Waals surface area contributed by atoms with Crippen LogP contribution in [0.1, 0.15) is 23.7 Å². The lowest BCUT2D eigenvalue weighted by Crippen LogP contribution is -2.47. The van der Waals surface area contributed by atoms with Gasteiger partial charge < -0.3 is 14.6 Å². The number of halogens is 1. The molecule has 1 saturated heterocycles. The Morgan fingerprint density at radius 2 is 1.48 bits per heavy atom. The molecule has 1 aromatic heterocycles. The molecule has 2 unspecified atom stereocenters. The summed E-state index contributed by atoms with van der Waals surface area (Å²) in [5.74, 6) is 0. The monoisotopic (exact) mass is 393 g/mol. The molecule has 1 fully saturated rings. The molecule has 2 atom stereocenters. The van der Waals surface area contributed by atoms with Crippen molar-refractivity contribution in [2.24, 2.45) is 0 Å². The number of piperazine rings is 1. The number of aliphatic hydroxyl groups excluding tert-OH is 1. The maximum absolute atomic E-state index is 14.9. The van der Waals surface area contributed by atoms with Gasteiger partial charge in [-0.05, 0) is 29.8 Å². The normalized spacial score (nSPS) is 17.2. The number of aromatic nitrogens is 1. The minimum atomic E-state index is -1.19. The number of anilines is 1. The molecule has 1 aliphatic rings. The van der Waals surface area contributed by atoms with Crippen molar-refractivity contribution in [2.45, 2.75) is 18.8 Å². The zero-order valence-electron chi connectivity index (χ0n) is 16.6. The Bertz CT molecular complexity index is 875. The van der Waals surface area contributed by atoms with Crippen LogP contribution < -0.4 is 4.90 Å². The second-order valence-electron chi connectivity index (χ2n) is 7.60. The summed E-state index contributed by atoms with van der Waals surface area (Å²) >= 11 is 0. The molecule has 0 amide bonds. The molecule has 0 saturated carbocycles. The highest BCUT2D eigenvalue weighted by Crippen LogP contribution is 2.24. The van der Waals surface area contributed by atoms with Gasteiger partial charge in [-0.3, -0.25) is 4.90 Å². The summed E-state index contributed by atoms with van der Waals surface area (Å²) in [5, 5.41) is 10.8. The van der Waals surface area contributed by atoms with E-state index in [1.54, 1.807) is 10.8 Å². The molecule has 2 heterocycles. The standard InChI is InChI=1S/C24H28FN3O/c25-24(18-20-8-3-1-4-9-20)28-13-7-12-22(28)23(29)19-26-14-16-27(17-15-26)21-10-5-2-6-11-21/h1-13,23-24,29H,14-19H2. The number of hydrogen-bond donors (Lipinski definition) is 1. The third kappa shape index (κ3) is 4.86. The first kappa shape index (κ1) is 19.7. The molecule has 0 radical (unpaired) electrons. The molecule has 2 aromatic carbocycles. The summed E-state index contributed by atoms with van der Waals surface area (Å²) in [4.78, 5) is 4.62. The molecule has 4 rings (SSSR count). The quantitative estimate of drug-likeness (QED) is 0.657. The van der Waals surface area contributed by atoms with Crippen LogP contribution >= 0.6 is 0 Å². The zero-order valence-corrected chi connectivity index (χ0v) is 16.6. The molecule has 152 valence electrons. The van der Waals surface area contributed by atoms with Crippen molar-refractivity contribution in [1.29, 1.82) is 0 Å². The van der Waals surface area contributed by atoms with Gasteiger partial charge >= 0.3 is 0 Å². The van der Waals surface area contributed by atoms with Crippen LogP contribution in [-0.4, -0.2) is 47.3 Å². The second-order valence-corrected chi connectivity index (χ2v) is 7.60. The number of aliphatic hydroxyl groups is 1. The fourth-order valence-electron chi connectivity index (χ4n) is 4.02. The van der Waals surface area contributed by atoms with E-state index in [0.717, 1.165) is 31.7 Å². The summed E-state index contributed by atoms with van der Waals surface area (Å²) in [6, 6.07) is 23.7. The minimum absolute atomic E-state index is 0.297. The SMILES string of the molecule is OC(CN1CCN(c2ccccc2)CC1)c1cccn1C(F)Cc1ccccc1. The van der Waals surface area contributed by atoms with Crippen LogP contribution in [0, 0.1) is 0 Å². The number of hydrogen-bond acceptors (Lipinski definition) is 3. The van der Waals surface area contributed by atoms with Gasteiger partial charge in [0.1, 0.15) is 6.10 Å². The summed E-state index contributed by atoms with van der Waals surface area (Å²) in [6.45, 7) is 4.14. The van der Waals surface area contributed by atoms with E-state index >= 15 is 0 Å². The van der Waals surface area contributed by atoms with E-state index in [1.165, 1.54) is 5.69 Å². The van der Waals surface area contributed by atoms with E-state index in [4.69, 9.17) is 0 Å². The smallest absolute Gasteiger partial charge is 0.180 e. The highest BCUT2D eigenvalue weighted by molar-refractivity contribution is 5.46. The van der Waals surface area contributed by atoms with Gasteiger partial charge in [0.15, 0.2) is 6.30 Å². The van der Waals surface area contributed by atoms with E-state index in [0.29, 0.717) is 18.7 Å². The molecular formula is C24H28FN3O. The summed E-state index contributed by atoms with van der Waals surface area (Å²) < 4.78 is 16.5. The van der Waals surface area contributed by atoms with Crippen LogP contribution in [0.5, 0.6) is 0 Å². The Kier molecular flexibility index (Phi) is 6.27. The second kappa shape index (κ2) is 9.25. The number of β-amino-alcohol motifs (C(OH)–C–C–N with tert-alkyl or cyclic N) is 1. The predicted molar refractivity (Wildman–Crippen MR) is 115 cm³/mol. The fraction of sp³-hybridized carbons (Fsp3) is 0.333. The average Bonchev–Trinajstić information content (AvgIpc) is 3.26. The summed E-state index contributed by atoms with van der Waals surface area (Å²) in [7, 11) is 0. The average molecular weight is 394 g/mol. The maximum atomic E-state index is 14.9. The third-order valence-electron chi connectivity index (χ3n) is 5.63. The van der Waals surface area contributed by atoms with Crippen LogP contribution in [0.15, 0.2) is 79.0 Å². The predicted octanol–water partition coefficient (Wildman–Crippen LogP) is 4.05. The van der Waals surface area contributed by atoms with Crippen molar-refractivity contribution in [3.63, 3.8) is 0 Å². The van der Waals surface area contributed by atoms with Gasteiger partial charge in [-0.1, -0.05) is 48.5 Å². The molecule has 4 nitrogen and oxygen atoms in total. The number of alkyl halides is 1. The molecular weight excluding hydrogens is 365 g/mol. The molecule has 0 bridgehead atoms. The van der Waals surface area contributed by atoms with E-state index in [1.807, 2.05) is 48.5 Å². The van der Waals surface area contributed by atoms with Crippen LogP contribution in [-0.2, 0) is 6.42 Å². The van der Waals surface area contributed by atoms with Crippen LogP contribution in [0.4, 0.5) is 10.1 Å². The molecule has 1 aliphatic heterocycles. The molecule has 0 aliphatic carbocycles. The zero-order chi connectivity index (χ0) is 20.1. The third-order valence-corrected chi connectivity index (χ3v) is 5.63. The number of para-hydroxylation sites is 1. The van der Waals surface area contributed by atoms with Crippen molar-refractivity contribution in [3.05, 3.63) is 90.3 Å². The minimum Gasteiger partial charge on any atom is -0.386 e. The number of rotatable bonds is 7. The first-order valence-corrected chi connectivity index (χ1v) is 10.3. The lowest BCUT2D eigenvalue weighted by molar-refractivity contribution is 0.0959. The lowest BCUT2D eigenvalue weighted by atomic mass is 10.1. The lowest BCUT2D eigenvalue weighted by Gasteiger charge is -2.37. The van der Waals surface area contributed by atoms with Crippen molar-refractivity contribution in [3.8, 4) is 0 Å². The van der Waals surface area contributed by atoms with Gasteiger partial charge in [0.2, 0.25) is 0 Å². The maximum Gasteiger partial charge on any atom is 0.180 e. The van der Waals surface area contributed by atoms with Gasteiger partial charge in [-0.15, -0.1) is 0 Å². The van der Waals surface area contributed by atoms with Crippen molar-refractivity contribution in [1.82, 2.24) is 9.47 Å². The Labute approximate surface area is 171 Å². The topological polar surface area (TPSA) is 31.6 Å². The molecule has 3 aromatic rings. The molecule has 0 spiro atoms. The Hall–Kier alpha value is -2.63. The van der Waals surface area contributed by atoms with E-state index in [9.17, 15) is 9.50 Å². The van der Waals surface area contributed by atoms with Gasteiger partial charge in [0.05, 0.1) is 5.69 Å². The highest BCUT2D eigenvalue weighted by Gasteiger charge is 2.23. The largest absolute Gasteiger partial charge is 0.386 e. The van der Waals surface area contributed by atoms with Crippen molar-refractivity contribution >= 4 is 5.69 Å². The summed E-state index contributed by atoms with van der Waals surface area (Å²) in [5.41, 5.74) is 2.83. The van der Waals surface area contributed by atoms with Crippen LogP contribution in [0.25, 0.3) is 0 Å². The Balaban J connectivity index is 1.34. The fourth-order valence-corrected chi connectivity index (χ4v) is 4.02. The van der Waals surface area contributed by atoms with Gasteiger partial charge in [-0.2, -0.15) is 0 Å². The highest BCUT2D eigenvalue weighted by atomic mass is 19.1. The van der Waals surface area contributed by atoms with Crippen LogP contribution in [0.2, 0.25) is 0 Å². The van der Waals surface area contributed by atoms with E-state index in [2.05, 4.69) is 34.1 Å². The van der Waals surface area contributed by atoms with Crippen molar-refractivity contribution < 1.29 is 9.50 Å².